The van der Waals surface area contributed by atoms with Gasteiger partial charge < -0.3 is 29.2 Å². The minimum atomic E-state index is -2.21. The Morgan fingerprint density at radius 2 is 1.27 bits per heavy atom. The number of benzene rings is 4. The van der Waals surface area contributed by atoms with E-state index in [9.17, 15) is 29.4 Å². The topological polar surface area (TPSA) is 149 Å². The summed E-state index contributed by atoms with van der Waals surface area (Å²) >= 11 is 0. The highest BCUT2D eigenvalue weighted by molar-refractivity contribution is 5.95. The van der Waals surface area contributed by atoms with Gasteiger partial charge in [-0.25, -0.2) is 19.2 Å². The zero-order chi connectivity index (χ0) is 34.4. The number of carbonyl (C=O) groups is 4. The number of ether oxygens (including phenoxy) is 4. The van der Waals surface area contributed by atoms with E-state index in [1.165, 1.54) is 76.3 Å². The van der Waals surface area contributed by atoms with Gasteiger partial charge in [0.15, 0.2) is 11.5 Å². The SMILES string of the molecule is COc1ccc2c(c1OC)-c1cccc3c1[C@H](C2)N(C)CC3.O=C(O[C@@H](C(=O)O)[C@@H](OC(=O)c1ccccc1)C(=O)O)c1ccccc1. The number of fused-ring (bicyclic) bond motifs is 2. The van der Waals surface area contributed by atoms with Gasteiger partial charge in [-0.3, -0.25) is 4.90 Å². The molecular weight excluding hydrogens is 618 g/mol. The van der Waals surface area contributed by atoms with Crippen LogP contribution in [0.1, 0.15) is 43.4 Å². The first-order chi connectivity index (χ1) is 23.1. The first-order valence-electron chi connectivity index (χ1n) is 15.2. The van der Waals surface area contributed by atoms with Gasteiger partial charge in [-0.05, 0) is 72.5 Å². The van der Waals surface area contributed by atoms with E-state index >= 15 is 0 Å². The summed E-state index contributed by atoms with van der Waals surface area (Å²) in [5.41, 5.74) is 6.89. The minimum Gasteiger partial charge on any atom is -0.493 e. The Bertz CT molecular complexity index is 1740. The van der Waals surface area contributed by atoms with Crippen LogP contribution in [-0.2, 0) is 31.9 Å². The minimum absolute atomic E-state index is 0.0253. The van der Waals surface area contributed by atoms with Crippen molar-refractivity contribution in [3.05, 3.63) is 119 Å². The molecule has 0 saturated carbocycles. The van der Waals surface area contributed by atoms with Crippen molar-refractivity contribution in [3.8, 4) is 22.6 Å². The van der Waals surface area contributed by atoms with Gasteiger partial charge in [0, 0.05) is 18.2 Å². The Kier molecular flexibility index (Phi) is 10.4. The third kappa shape index (κ3) is 7.01. The van der Waals surface area contributed by atoms with Crippen LogP contribution in [0.5, 0.6) is 11.5 Å². The maximum Gasteiger partial charge on any atom is 0.349 e. The normalized spacial score (nSPS) is 15.6. The second kappa shape index (κ2) is 14.8. The lowest BCUT2D eigenvalue weighted by Gasteiger charge is -2.40. The van der Waals surface area contributed by atoms with E-state index in [-0.39, 0.29) is 11.1 Å². The van der Waals surface area contributed by atoms with E-state index in [0.29, 0.717) is 6.04 Å². The van der Waals surface area contributed by atoms with Gasteiger partial charge in [0.25, 0.3) is 0 Å². The molecule has 11 nitrogen and oxygen atoms in total. The summed E-state index contributed by atoms with van der Waals surface area (Å²) in [6, 6.07) is 26.2. The number of esters is 2. The fraction of sp³-hybridized carbons (Fsp3) is 0.243. The highest BCUT2D eigenvalue weighted by Crippen LogP contribution is 2.50. The smallest absolute Gasteiger partial charge is 0.349 e. The lowest BCUT2D eigenvalue weighted by molar-refractivity contribution is -0.166. The van der Waals surface area contributed by atoms with Crippen LogP contribution in [0.4, 0.5) is 0 Å². The van der Waals surface area contributed by atoms with Crippen molar-refractivity contribution < 1.29 is 48.3 Å². The van der Waals surface area contributed by atoms with Crippen LogP contribution in [0, 0.1) is 0 Å². The number of nitrogens with zero attached hydrogens (tertiary/aromatic N) is 1. The third-order valence-electron chi connectivity index (χ3n) is 8.36. The van der Waals surface area contributed by atoms with Crippen molar-refractivity contribution in [2.45, 2.75) is 31.1 Å². The molecular formula is C37H35NO10. The molecule has 2 N–H and O–H groups in total. The van der Waals surface area contributed by atoms with E-state index in [1.807, 2.05) is 6.07 Å². The number of likely N-dealkylation sites (N-methyl/N-ethyl adjacent to an activating group) is 1. The van der Waals surface area contributed by atoms with Crippen LogP contribution in [0.2, 0.25) is 0 Å². The lowest BCUT2D eigenvalue weighted by atomic mass is 9.77. The van der Waals surface area contributed by atoms with E-state index in [4.69, 9.17) is 18.9 Å². The summed E-state index contributed by atoms with van der Waals surface area (Å²) in [5.74, 6) is -3.97. The highest BCUT2D eigenvalue weighted by atomic mass is 16.6. The van der Waals surface area contributed by atoms with Crippen LogP contribution in [0.3, 0.4) is 0 Å². The number of rotatable bonds is 9. The Morgan fingerprint density at radius 3 is 1.77 bits per heavy atom. The van der Waals surface area contributed by atoms with Crippen molar-refractivity contribution in [2.24, 2.45) is 0 Å². The van der Waals surface area contributed by atoms with Gasteiger partial charge in [0.2, 0.25) is 12.2 Å². The molecule has 0 fully saturated rings. The van der Waals surface area contributed by atoms with Crippen LogP contribution >= 0.6 is 0 Å². The number of carboxylic acid groups (broad SMARTS) is 2. The van der Waals surface area contributed by atoms with Gasteiger partial charge in [0.05, 0.1) is 25.3 Å². The van der Waals surface area contributed by atoms with Gasteiger partial charge >= 0.3 is 23.9 Å². The molecule has 2 aliphatic rings. The molecule has 1 aliphatic carbocycles. The lowest BCUT2D eigenvalue weighted by Crippen LogP contribution is -2.45. The molecule has 0 unspecified atom stereocenters. The number of carbonyl (C=O) groups excluding carboxylic acids is 2. The average molecular weight is 654 g/mol. The van der Waals surface area contributed by atoms with Crippen molar-refractivity contribution in [1.82, 2.24) is 4.90 Å². The molecule has 248 valence electrons. The van der Waals surface area contributed by atoms with Gasteiger partial charge in [-0.1, -0.05) is 60.7 Å². The Labute approximate surface area is 277 Å². The summed E-state index contributed by atoms with van der Waals surface area (Å²) in [6.07, 6.45) is -2.27. The third-order valence-corrected chi connectivity index (χ3v) is 8.36. The first kappa shape index (κ1) is 33.7. The standard InChI is InChI=1S/C19H21NO2.C18H14O8/c1-20-10-9-12-5-4-6-14-17(12)15(20)11-13-7-8-16(21-2)19(22-3)18(13)14;19-15(20)13(25-17(23)11-7-3-1-4-8-11)14(16(21)22)26-18(24)12-9-5-2-6-10-12/h4-8,15H,9-11H2,1-3H3;1-10,13-14H,(H,19,20)(H,21,22)/t15-;13-,14-/m01/s1. The molecule has 11 heteroatoms. The summed E-state index contributed by atoms with van der Waals surface area (Å²) in [4.78, 5) is 49.3. The van der Waals surface area contributed by atoms with E-state index < -0.39 is 36.1 Å². The number of hydrogen-bond acceptors (Lipinski definition) is 9. The summed E-state index contributed by atoms with van der Waals surface area (Å²) in [7, 11) is 5.66. The van der Waals surface area contributed by atoms with Crippen molar-refractivity contribution in [1.29, 1.82) is 0 Å². The summed E-state index contributed by atoms with van der Waals surface area (Å²) in [5, 5.41) is 18.5. The van der Waals surface area contributed by atoms with E-state index in [2.05, 4.69) is 36.2 Å². The fourth-order valence-corrected chi connectivity index (χ4v) is 6.01. The summed E-state index contributed by atoms with van der Waals surface area (Å²) in [6.45, 7) is 1.13. The zero-order valence-electron chi connectivity index (χ0n) is 26.6. The highest BCUT2D eigenvalue weighted by Gasteiger charge is 2.41. The molecule has 0 radical (unpaired) electrons. The molecule has 3 atom stereocenters. The molecule has 4 aromatic rings. The Hall–Kier alpha value is -5.68. The van der Waals surface area contributed by atoms with E-state index in [1.54, 1.807) is 26.4 Å². The molecule has 1 aliphatic heterocycles. The number of aliphatic carboxylic acids is 2. The molecule has 0 amide bonds. The number of hydrogen-bond donors (Lipinski definition) is 2. The largest absolute Gasteiger partial charge is 0.493 e. The Morgan fingerprint density at radius 1 is 0.708 bits per heavy atom. The molecule has 0 aromatic heterocycles. The quantitative estimate of drug-likeness (QED) is 0.234. The number of carboxylic acids is 2. The van der Waals surface area contributed by atoms with Crippen LogP contribution < -0.4 is 9.47 Å². The molecule has 0 spiro atoms. The second-order valence-electron chi connectivity index (χ2n) is 11.2. The molecule has 0 saturated heterocycles. The monoisotopic (exact) mass is 653 g/mol. The predicted molar refractivity (Wildman–Crippen MR) is 174 cm³/mol. The van der Waals surface area contributed by atoms with E-state index in [0.717, 1.165) is 30.9 Å². The van der Waals surface area contributed by atoms with Crippen molar-refractivity contribution in [2.75, 3.05) is 27.8 Å². The van der Waals surface area contributed by atoms with Crippen molar-refractivity contribution in [3.63, 3.8) is 0 Å². The molecule has 48 heavy (non-hydrogen) atoms. The number of methoxy groups -OCH3 is 2. The van der Waals surface area contributed by atoms with Crippen LogP contribution in [0.15, 0.2) is 91.0 Å². The van der Waals surface area contributed by atoms with Crippen LogP contribution in [-0.4, -0.2) is 79.0 Å². The van der Waals surface area contributed by atoms with Gasteiger partial charge in [-0.2, -0.15) is 0 Å². The average Bonchev–Trinajstić information content (AvgIpc) is 3.11. The van der Waals surface area contributed by atoms with Gasteiger partial charge in [0.1, 0.15) is 0 Å². The second-order valence-corrected chi connectivity index (χ2v) is 11.2. The molecule has 6 rings (SSSR count). The van der Waals surface area contributed by atoms with Crippen molar-refractivity contribution >= 4 is 23.9 Å². The molecule has 1 heterocycles. The first-order valence-corrected chi connectivity index (χ1v) is 15.2. The fourth-order valence-electron chi connectivity index (χ4n) is 6.01. The molecule has 0 bridgehead atoms. The Balaban J connectivity index is 0.000000190. The zero-order valence-corrected chi connectivity index (χ0v) is 26.6. The predicted octanol–water partition coefficient (Wildman–Crippen LogP) is 5.06. The summed E-state index contributed by atoms with van der Waals surface area (Å²) < 4.78 is 20.7. The van der Waals surface area contributed by atoms with Gasteiger partial charge in [-0.15, -0.1) is 0 Å². The van der Waals surface area contributed by atoms with Crippen LogP contribution in [0.25, 0.3) is 11.1 Å². The maximum absolute atomic E-state index is 12.0. The maximum atomic E-state index is 12.0. The molecule has 4 aromatic carbocycles.